The minimum atomic E-state index is -1.41. The van der Waals surface area contributed by atoms with Gasteiger partial charge in [0.2, 0.25) is 11.6 Å². The molecule has 1 saturated heterocycles. The van der Waals surface area contributed by atoms with Crippen LogP contribution in [0.15, 0.2) is 54.6 Å². The van der Waals surface area contributed by atoms with Gasteiger partial charge >= 0.3 is 18.0 Å². The molecular formula is C35H35N3O9S. The van der Waals surface area contributed by atoms with Crippen LogP contribution in [0.5, 0.6) is 17.2 Å². The molecule has 4 aliphatic rings. The first kappa shape index (κ1) is 31.7. The number of esters is 2. The van der Waals surface area contributed by atoms with E-state index in [0.29, 0.717) is 35.0 Å². The van der Waals surface area contributed by atoms with E-state index in [1.165, 1.54) is 32.9 Å². The SMILES string of the molecule is COC(=O)CC[C@@H]1N(C(=O)OCc2ccccc2)CC[C@]23c4cccc(OC(C)=O)c4N[C@]12Oc1c3cc2c(c1OC)NC(=O)C2SC. The molecule has 1 fully saturated rings. The number of thioether (sulfide) groups is 1. The summed E-state index contributed by atoms with van der Waals surface area (Å²) in [5.41, 5.74) is 1.83. The number of nitrogens with one attached hydrogen (secondary N) is 2. The Morgan fingerprint density at radius 3 is 2.56 bits per heavy atom. The number of ether oxygens (including phenoxy) is 5. The van der Waals surface area contributed by atoms with Crippen LogP contribution < -0.4 is 24.8 Å². The number of hydrogen-bond acceptors (Lipinski definition) is 11. The van der Waals surface area contributed by atoms with E-state index in [1.54, 1.807) is 11.0 Å². The Labute approximate surface area is 281 Å². The Hall–Kier alpha value is -4.91. The lowest BCUT2D eigenvalue weighted by molar-refractivity contribution is -0.142. The number of benzene rings is 3. The molecule has 12 nitrogen and oxygen atoms in total. The molecule has 3 aromatic rings. The number of likely N-dealkylation sites (tertiary alicyclic amines) is 1. The highest BCUT2D eigenvalue weighted by Crippen LogP contribution is 2.69. The first-order valence-electron chi connectivity index (χ1n) is 15.6. The van der Waals surface area contributed by atoms with Gasteiger partial charge in [-0.05, 0) is 42.4 Å². The molecule has 3 aromatic carbocycles. The maximum Gasteiger partial charge on any atom is 0.410 e. The smallest absolute Gasteiger partial charge is 0.410 e. The Kier molecular flexibility index (Phi) is 7.89. The number of para-hydroxylation sites is 1. The molecule has 0 saturated carbocycles. The summed E-state index contributed by atoms with van der Waals surface area (Å²) >= 11 is 1.41. The second-order valence-electron chi connectivity index (χ2n) is 12.1. The average Bonchev–Trinajstić information content (AvgIpc) is 3.68. The standard InChI is InChI=1S/C35H35N3O9S/c1-19(39)46-24-12-8-11-22-28(24)37-35-25(13-14-26(40)43-2)38(33(42)45-18-20-9-6-5-7-10-20)16-15-34(22,35)23-17-21-27(30(44-3)29(23)47-35)36-32(41)31(21)48-4/h5-12,17,25,31,37H,13-16,18H2,1-4H3,(H,36,41)/t25-,31?,34+,35-/m0/s1. The van der Waals surface area contributed by atoms with Gasteiger partial charge in [-0.15, -0.1) is 11.8 Å². The van der Waals surface area contributed by atoms with E-state index in [0.717, 1.165) is 22.3 Å². The normalized spacial score (nSPS) is 24.1. The predicted octanol–water partition coefficient (Wildman–Crippen LogP) is 5.14. The summed E-state index contributed by atoms with van der Waals surface area (Å²) in [6.45, 7) is 1.63. The van der Waals surface area contributed by atoms with Crippen molar-refractivity contribution < 1.29 is 42.9 Å². The number of hydrogen-bond donors (Lipinski definition) is 2. The Morgan fingerprint density at radius 2 is 1.85 bits per heavy atom. The van der Waals surface area contributed by atoms with Crippen LogP contribution in [-0.4, -0.2) is 67.6 Å². The summed E-state index contributed by atoms with van der Waals surface area (Å²) in [7, 11) is 2.84. The van der Waals surface area contributed by atoms with Gasteiger partial charge in [-0.2, -0.15) is 0 Å². The van der Waals surface area contributed by atoms with E-state index < -0.39 is 40.5 Å². The van der Waals surface area contributed by atoms with Crippen LogP contribution in [0.4, 0.5) is 16.2 Å². The van der Waals surface area contributed by atoms with E-state index in [-0.39, 0.29) is 31.9 Å². The molecule has 2 N–H and O–H groups in total. The van der Waals surface area contributed by atoms with Crippen LogP contribution in [0, 0.1) is 0 Å². The Morgan fingerprint density at radius 1 is 1.06 bits per heavy atom. The van der Waals surface area contributed by atoms with Crippen molar-refractivity contribution in [2.75, 3.05) is 37.7 Å². The number of methoxy groups -OCH3 is 2. The van der Waals surface area contributed by atoms with Gasteiger partial charge in [-0.3, -0.25) is 19.3 Å². The van der Waals surface area contributed by atoms with Crippen LogP contribution in [-0.2, 0) is 35.9 Å². The topological polar surface area (TPSA) is 142 Å². The summed E-state index contributed by atoms with van der Waals surface area (Å²) in [4.78, 5) is 53.5. The van der Waals surface area contributed by atoms with Crippen LogP contribution in [0.2, 0.25) is 0 Å². The minimum absolute atomic E-state index is 0.0196. The molecule has 0 aliphatic carbocycles. The third-order valence-corrected chi connectivity index (χ3v) is 10.7. The summed E-state index contributed by atoms with van der Waals surface area (Å²) in [6, 6.07) is 16.0. The number of piperidine rings is 1. The van der Waals surface area contributed by atoms with Gasteiger partial charge < -0.3 is 34.3 Å². The maximum atomic E-state index is 14.0. The highest BCUT2D eigenvalue weighted by atomic mass is 32.2. The second-order valence-corrected chi connectivity index (χ2v) is 13.1. The quantitative estimate of drug-likeness (QED) is 0.243. The molecule has 0 radical (unpaired) electrons. The first-order chi connectivity index (χ1) is 23.2. The van der Waals surface area contributed by atoms with Crippen molar-refractivity contribution in [1.82, 2.24) is 4.90 Å². The van der Waals surface area contributed by atoms with Crippen molar-refractivity contribution in [3.05, 3.63) is 76.9 Å². The van der Waals surface area contributed by atoms with Crippen LogP contribution in [0.25, 0.3) is 0 Å². The van der Waals surface area contributed by atoms with Crippen LogP contribution >= 0.6 is 11.8 Å². The summed E-state index contributed by atoms with van der Waals surface area (Å²) in [5, 5.41) is 6.08. The Balaban J connectivity index is 1.42. The number of carbonyl (C=O) groups excluding carboxylic acids is 4. The van der Waals surface area contributed by atoms with Crippen molar-refractivity contribution >= 4 is 47.1 Å². The number of fused-ring (bicyclic) bond motifs is 3. The molecule has 0 spiro atoms. The monoisotopic (exact) mass is 673 g/mol. The molecule has 13 heteroatoms. The zero-order valence-corrected chi connectivity index (χ0v) is 27.7. The van der Waals surface area contributed by atoms with Gasteiger partial charge in [-0.1, -0.05) is 42.5 Å². The van der Waals surface area contributed by atoms with E-state index in [9.17, 15) is 19.2 Å². The molecule has 250 valence electrons. The van der Waals surface area contributed by atoms with Crippen LogP contribution in [0.1, 0.15) is 53.7 Å². The molecule has 48 heavy (non-hydrogen) atoms. The predicted molar refractivity (Wildman–Crippen MR) is 176 cm³/mol. The molecule has 4 aliphatic heterocycles. The molecular weight excluding hydrogens is 638 g/mol. The number of carbonyl (C=O) groups is 4. The van der Waals surface area contributed by atoms with Gasteiger partial charge in [0.05, 0.1) is 37.1 Å². The van der Waals surface area contributed by atoms with Crippen LogP contribution in [0.3, 0.4) is 0 Å². The zero-order valence-electron chi connectivity index (χ0n) is 26.9. The van der Waals surface area contributed by atoms with Crippen molar-refractivity contribution in [3.63, 3.8) is 0 Å². The molecule has 4 atom stereocenters. The van der Waals surface area contributed by atoms with Gasteiger partial charge in [-0.25, -0.2) is 4.79 Å². The van der Waals surface area contributed by atoms with E-state index in [4.69, 9.17) is 23.7 Å². The van der Waals surface area contributed by atoms with Gasteiger partial charge in [0.15, 0.2) is 17.2 Å². The first-order valence-corrected chi connectivity index (χ1v) is 16.9. The van der Waals surface area contributed by atoms with E-state index >= 15 is 0 Å². The molecule has 2 amide bonds. The lowest BCUT2D eigenvalue weighted by Gasteiger charge is -2.52. The van der Waals surface area contributed by atoms with E-state index in [1.807, 2.05) is 54.8 Å². The zero-order chi connectivity index (χ0) is 33.8. The third kappa shape index (κ3) is 4.58. The fourth-order valence-corrected chi connectivity index (χ4v) is 8.54. The summed E-state index contributed by atoms with van der Waals surface area (Å²) in [5.74, 6) is -0.0196. The van der Waals surface area contributed by atoms with Gasteiger partial charge in [0.1, 0.15) is 11.9 Å². The van der Waals surface area contributed by atoms with Crippen molar-refractivity contribution in [1.29, 1.82) is 0 Å². The second kappa shape index (κ2) is 12.0. The number of rotatable bonds is 8. The van der Waals surface area contributed by atoms with E-state index in [2.05, 4.69) is 10.6 Å². The minimum Gasteiger partial charge on any atom is -0.491 e. The van der Waals surface area contributed by atoms with Gasteiger partial charge in [0.25, 0.3) is 0 Å². The highest BCUT2D eigenvalue weighted by Gasteiger charge is 2.73. The Bertz CT molecular complexity index is 1840. The number of nitrogens with zero attached hydrogens (tertiary/aromatic N) is 1. The molecule has 0 bridgehead atoms. The summed E-state index contributed by atoms with van der Waals surface area (Å²) in [6.07, 6.45) is 1.80. The van der Waals surface area contributed by atoms with Crippen molar-refractivity contribution in [2.24, 2.45) is 0 Å². The largest absolute Gasteiger partial charge is 0.491 e. The fraction of sp³-hybridized carbons (Fsp3) is 0.371. The molecule has 7 rings (SSSR count). The highest BCUT2D eigenvalue weighted by molar-refractivity contribution is 7.99. The molecule has 1 unspecified atom stereocenters. The number of anilines is 2. The lowest BCUT2D eigenvalue weighted by atomic mass is 9.63. The molecule has 0 aromatic heterocycles. The molecule has 4 heterocycles. The maximum absolute atomic E-state index is 14.0. The van der Waals surface area contributed by atoms with Crippen molar-refractivity contribution in [2.45, 2.75) is 55.2 Å². The van der Waals surface area contributed by atoms with Crippen molar-refractivity contribution in [3.8, 4) is 17.2 Å². The summed E-state index contributed by atoms with van der Waals surface area (Å²) < 4.78 is 29.6. The average molecular weight is 674 g/mol. The lowest BCUT2D eigenvalue weighted by Crippen LogP contribution is -2.71. The fourth-order valence-electron chi connectivity index (χ4n) is 7.83. The van der Waals surface area contributed by atoms with Gasteiger partial charge in [0, 0.05) is 31.0 Å². The third-order valence-electron chi connectivity index (χ3n) is 9.74. The number of amides is 2.